The SMILES string of the molecule is OCCc1cccc(I)c1I. The van der Waals surface area contributed by atoms with E-state index < -0.39 is 0 Å². The lowest BCUT2D eigenvalue weighted by Crippen LogP contribution is -1.95. The molecule has 0 amide bonds. The van der Waals surface area contributed by atoms with Crippen molar-refractivity contribution in [3.8, 4) is 0 Å². The van der Waals surface area contributed by atoms with Gasteiger partial charge in [-0.05, 0) is 63.2 Å². The van der Waals surface area contributed by atoms with Crippen molar-refractivity contribution in [3.63, 3.8) is 0 Å². The van der Waals surface area contributed by atoms with Gasteiger partial charge in [0.15, 0.2) is 0 Å². The number of halogens is 2. The van der Waals surface area contributed by atoms with Gasteiger partial charge in [0.05, 0.1) is 0 Å². The third-order valence-electron chi connectivity index (χ3n) is 1.41. The molecule has 0 atom stereocenters. The third kappa shape index (κ3) is 2.55. The molecule has 60 valence electrons. The van der Waals surface area contributed by atoms with Crippen molar-refractivity contribution in [3.05, 3.63) is 30.9 Å². The van der Waals surface area contributed by atoms with Gasteiger partial charge >= 0.3 is 0 Å². The topological polar surface area (TPSA) is 20.2 Å². The molecule has 11 heavy (non-hydrogen) atoms. The van der Waals surface area contributed by atoms with Gasteiger partial charge in [0.1, 0.15) is 0 Å². The summed E-state index contributed by atoms with van der Waals surface area (Å²) in [4.78, 5) is 0. The Bertz CT molecular complexity index is 248. The van der Waals surface area contributed by atoms with E-state index in [9.17, 15) is 0 Å². The van der Waals surface area contributed by atoms with E-state index in [1.807, 2.05) is 6.07 Å². The first kappa shape index (κ1) is 9.73. The normalized spacial score (nSPS) is 10.1. The monoisotopic (exact) mass is 374 g/mol. The minimum atomic E-state index is 0.232. The number of aliphatic hydroxyl groups is 1. The second-order valence-corrected chi connectivity index (χ2v) is 4.43. The number of hydrogen-bond acceptors (Lipinski definition) is 1. The van der Waals surface area contributed by atoms with E-state index in [-0.39, 0.29) is 6.61 Å². The summed E-state index contributed by atoms with van der Waals surface area (Å²) in [6, 6.07) is 6.15. The Kier molecular flexibility index (Phi) is 4.08. The first-order valence-corrected chi connectivity index (χ1v) is 5.45. The largest absolute Gasteiger partial charge is 0.396 e. The minimum absolute atomic E-state index is 0.232. The van der Waals surface area contributed by atoms with Crippen LogP contribution in [0.4, 0.5) is 0 Å². The van der Waals surface area contributed by atoms with Crippen LogP contribution in [0.5, 0.6) is 0 Å². The summed E-state index contributed by atoms with van der Waals surface area (Å²) in [7, 11) is 0. The van der Waals surface area contributed by atoms with Crippen LogP contribution < -0.4 is 0 Å². The molecule has 1 rings (SSSR count). The average molecular weight is 374 g/mol. The minimum Gasteiger partial charge on any atom is -0.396 e. The smallest absolute Gasteiger partial charge is 0.0471 e. The molecule has 1 nitrogen and oxygen atoms in total. The van der Waals surface area contributed by atoms with Gasteiger partial charge in [0, 0.05) is 13.7 Å². The maximum Gasteiger partial charge on any atom is 0.0471 e. The van der Waals surface area contributed by atoms with Gasteiger partial charge in [-0.25, -0.2) is 0 Å². The molecule has 0 heterocycles. The molecule has 0 fully saturated rings. The molecule has 0 bridgehead atoms. The second-order valence-electron chi connectivity index (χ2n) is 2.19. The molecule has 0 aromatic heterocycles. The molecule has 1 N–H and O–H groups in total. The summed E-state index contributed by atoms with van der Waals surface area (Å²) >= 11 is 4.61. The van der Waals surface area contributed by atoms with Crippen molar-refractivity contribution in [2.75, 3.05) is 6.61 Å². The molecule has 1 aromatic carbocycles. The van der Waals surface area contributed by atoms with Gasteiger partial charge < -0.3 is 5.11 Å². The molecule has 0 radical (unpaired) electrons. The van der Waals surface area contributed by atoms with Gasteiger partial charge in [-0.1, -0.05) is 12.1 Å². The first-order valence-electron chi connectivity index (χ1n) is 3.29. The number of aliphatic hydroxyl groups excluding tert-OH is 1. The lowest BCUT2D eigenvalue weighted by Gasteiger charge is -2.02. The van der Waals surface area contributed by atoms with E-state index in [4.69, 9.17) is 5.11 Å². The zero-order valence-electron chi connectivity index (χ0n) is 5.85. The van der Waals surface area contributed by atoms with E-state index >= 15 is 0 Å². The second kappa shape index (κ2) is 4.61. The van der Waals surface area contributed by atoms with Crippen LogP contribution in [0.3, 0.4) is 0 Å². The van der Waals surface area contributed by atoms with E-state index in [2.05, 4.69) is 57.3 Å². The molecule has 0 saturated heterocycles. The van der Waals surface area contributed by atoms with Crippen LogP contribution >= 0.6 is 45.2 Å². The Labute approximate surface area is 93.5 Å². The molecular formula is C8H8I2O. The molecular weight excluding hydrogens is 366 g/mol. The lowest BCUT2D eigenvalue weighted by molar-refractivity contribution is 0.299. The van der Waals surface area contributed by atoms with Gasteiger partial charge in [-0.3, -0.25) is 0 Å². The Morgan fingerprint density at radius 2 is 2.00 bits per heavy atom. The van der Waals surface area contributed by atoms with E-state index in [0.29, 0.717) is 0 Å². The highest BCUT2D eigenvalue weighted by atomic mass is 127. The molecule has 0 spiro atoms. The lowest BCUT2D eigenvalue weighted by atomic mass is 10.2. The van der Waals surface area contributed by atoms with Crippen molar-refractivity contribution in [1.29, 1.82) is 0 Å². The van der Waals surface area contributed by atoms with Crippen molar-refractivity contribution < 1.29 is 5.11 Å². The summed E-state index contributed by atoms with van der Waals surface area (Å²) in [6.45, 7) is 0.232. The van der Waals surface area contributed by atoms with E-state index in [1.165, 1.54) is 12.7 Å². The Morgan fingerprint density at radius 1 is 1.27 bits per heavy atom. The van der Waals surface area contributed by atoms with Gasteiger partial charge in [0.25, 0.3) is 0 Å². The van der Waals surface area contributed by atoms with Crippen LogP contribution in [-0.4, -0.2) is 11.7 Å². The summed E-state index contributed by atoms with van der Waals surface area (Å²) in [5.74, 6) is 0. The Morgan fingerprint density at radius 3 is 2.64 bits per heavy atom. The highest BCUT2D eigenvalue weighted by molar-refractivity contribution is 14.1. The molecule has 0 aliphatic carbocycles. The van der Waals surface area contributed by atoms with Crippen molar-refractivity contribution in [2.45, 2.75) is 6.42 Å². The zero-order valence-corrected chi connectivity index (χ0v) is 10.2. The molecule has 1 aromatic rings. The van der Waals surface area contributed by atoms with Crippen LogP contribution in [0.25, 0.3) is 0 Å². The molecule has 0 aliphatic rings. The zero-order chi connectivity index (χ0) is 8.27. The maximum atomic E-state index is 8.73. The highest BCUT2D eigenvalue weighted by Crippen LogP contribution is 2.19. The molecule has 0 unspecified atom stereocenters. The van der Waals surface area contributed by atoms with Crippen LogP contribution in [0.15, 0.2) is 18.2 Å². The number of rotatable bonds is 2. The first-order chi connectivity index (χ1) is 5.25. The fourth-order valence-corrected chi connectivity index (χ4v) is 2.05. The number of hydrogen-bond donors (Lipinski definition) is 1. The quantitative estimate of drug-likeness (QED) is 0.789. The molecule has 0 saturated carbocycles. The van der Waals surface area contributed by atoms with Crippen molar-refractivity contribution >= 4 is 45.2 Å². The standard InChI is InChI=1S/C8H8I2O/c9-7-3-1-2-6(4-5-11)8(7)10/h1-3,11H,4-5H2. The fourth-order valence-electron chi connectivity index (χ4n) is 0.862. The van der Waals surface area contributed by atoms with Crippen LogP contribution in [0, 0.1) is 7.14 Å². The van der Waals surface area contributed by atoms with E-state index in [0.717, 1.165) is 6.42 Å². The summed E-state index contributed by atoms with van der Waals surface area (Å²) in [5, 5.41) is 8.73. The summed E-state index contributed by atoms with van der Waals surface area (Å²) in [5.41, 5.74) is 1.24. The fraction of sp³-hybridized carbons (Fsp3) is 0.250. The predicted octanol–water partition coefficient (Wildman–Crippen LogP) is 2.43. The average Bonchev–Trinajstić information content (AvgIpc) is 1.99. The van der Waals surface area contributed by atoms with Crippen LogP contribution in [0.1, 0.15) is 5.56 Å². The maximum absolute atomic E-state index is 8.73. The summed E-state index contributed by atoms with van der Waals surface area (Å²) < 4.78 is 2.52. The van der Waals surface area contributed by atoms with Gasteiger partial charge in [-0.15, -0.1) is 0 Å². The molecule has 3 heteroatoms. The molecule has 0 aliphatic heterocycles. The summed E-state index contributed by atoms with van der Waals surface area (Å²) in [6.07, 6.45) is 0.759. The van der Waals surface area contributed by atoms with Crippen molar-refractivity contribution in [1.82, 2.24) is 0 Å². The third-order valence-corrected chi connectivity index (χ3v) is 4.62. The predicted molar refractivity (Wildman–Crippen MR) is 62.7 cm³/mol. The van der Waals surface area contributed by atoms with Gasteiger partial charge in [0.2, 0.25) is 0 Å². The number of benzene rings is 1. The van der Waals surface area contributed by atoms with E-state index in [1.54, 1.807) is 0 Å². The Hall–Kier alpha value is 0.640. The Balaban J connectivity index is 2.96. The highest BCUT2D eigenvalue weighted by Gasteiger charge is 2.00. The van der Waals surface area contributed by atoms with Gasteiger partial charge in [-0.2, -0.15) is 0 Å². The van der Waals surface area contributed by atoms with Crippen molar-refractivity contribution in [2.24, 2.45) is 0 Å². The van der Waals surface area contributed by atoms with Crippen LogP contribution in [-0.2, 0) is 6.42 Å². The van der Waals surface area contributed by atoms with Crippen LogP contribution in [0.2, 0.25) is 0 Å².